The molecule has 27 heavy (non-hydrogen) atoms. The predicted molar refractivity (Wildman–Crippen MR) is 109 cm³/mol. The van der Waals surface area contributed by atoms with Gasteiger partial charge in [0.15, 0.2) is 0 Å². The Balaban J connectivity index is 2.72. The zero-order valence-electron chi connectivity index (χ0n) is 18.8. The van der Waals surface area contributed by atoms with Crippen LogP contribution in [0.4, 0.5) is 0 Å². The van der Waals surface area contributed by atoms with E-state index in [2.05, 4.69) is 61.5 Å². The van der Waals surface area contributed by atoms with E-state index in [9.17, 15) is 10.2 Å². The molecule has 0 amide bonds. The third kappa shape index (κ3) is 4.14. The first-order valence-corrected chi connectivity index (χ1v) is 12.4. The van der Waals surface area contributed by atoms with E-state index in [1.807, 2.05) is 6.92 Å². The SMILES string of the molecule is Cc1c(C)c(C)[n]([Ti]([CH2]C(C)(O)CC(C)O)[n]2c(C)c(C)c(C)c2C)c1C. The molecule has 2 N–H and O–H groups in total. The van der Waals surface area contributed by atoms with Crippen molar-refractivity contribution in [1.82, 2.24) is 6.10 Å². The van der Waals surface area contributed by atoms with Crippen molar-refractivity contribution in [2.45, 2.75) is 92.1 Å². The fourth-order valence-corrected chi connectivity index (χ4v) is 9.90. The van der Waals surface area contributed by atoms with Gasteiger partial charge >= 0.3 is 172 Å². The Morgan fingerprint density at radius 2 is 1.07 bits per heavy atom. The van der Waals surface area contributed by atoms with Crippen LogP contribution in [0.15, 0.2) is 0 Å². The summed E-state index contributed by atoms with van der Waals surface area (Å²) in [6.07, 6.45) is -0.108. The van der Waals surface area contributed by atoms with Gasteiger partial charge in [-0.15, -0.1) is 0 Å². The molecule has 0 aromatic carbocycles. The summed E-state index contributed by atoms with van der Waals surface area (Å²) in [4.78, 5) is 0. The van der Waals surface area contributed by atoms with Crippen LogP contribution < -0.4 is 0 Å². The molecule has 0 fully saturated rings. The number of hydrogen-bond acceptors (Lipinski definition) is 2. The second-order valence-corrected chi connectivity index (χ2v) is 11.9. The molecule has 5 heteroatoms. The fourth-order valence-electron chi connectivity index (χ4n) is 4.34. The van der Waals surface area contributed by atoms with E-state index in [0.29, 0.717) is 11.1 Å². The van der Waals surface area contributed by atoms with Gasteiger partial charge < -0.3 is 0 Å². The van der Waals surface area contributed by atoms with Gasteiger partial charge in [0, 0.05) is 0 Å². The van der Waals surface area contributed by atoms with Crippen LogP contribution in [0.5, 0.6) is 0 Å². The molecule has 0 aliphatic rings. The van der Waals surface area contributed by atoms with Gasteiger partial charge in [-0.2, -0.15) is 0 Å². The van der Waals surface area contributed by atoms with Crippen LogP contribution >= 0.6 is 0 Å². The maximum absolute atomic E-state index is 11.1. The molecule has 2 heterocycles. The molecule has 2 atom stereocenters. The van der Waals surface area contributed by atoms with Crippen molar-refractivity contribution < 1.29 is 28.6 Å². The quantitative estimate of drug-likeness (QED) is 0.689. The Hall–Kier alpha value is -0.806. The molecule has 0 aliphatic heterocycles. The number of nitrogens with zero attached hydrogens (tertiary/aromatic N) is 2. The minimum atomic E-state index is -2.19. The fraction of sp³-hybridized carbons (Fsp3) is 0.636. The van der Waals surface area contributed by atoms with Gasteiger partial charge in [-0.05, 0) is 0 Å². The number of aromatic nitrogens is 2. The van der Waals surface area contributed by atoms with E-state index < -0.39 is 30.1 Å². The van der Waals surface area contributed by atoms with Crippen LogP contribution in [0.1, 0.15) is 65.3 Å². The second kappa shape index (κ2) is 7.90. The van der Waals surface area contributed by atoms with E-state index >= 15 is 0 Å². The Kier molecular flexibility index (Phi) is 6.58. The minimum absolute atomic E-state index is 0.401. The Bertz CT molecular complexity index is 734. The summed E-state index contributed by atoms with van der Waals surface area (Å²) >= 11 is -2.19. The maximum atomic E-state index is 11.1. The normalized spacial score (nSPS) is 15.1. The van der Waals surface area contributed by atoms with Crippen LogP contribution in [0, 0.1) is 55.4 Å². The van der Waals surface area contributed by atoms with Gasteiger partial charge in [-0.25, -0.2) is 0 Å². The Morgan fingerprint density at radius 1 is 0.778 bits per heavy atom. The number of aliphatic hydroxyl groups excluding tert-OH is 1. The third-order valence-electron chi connectivity index (χ3n) is 6.43. The molecule has 0 aliphatic carbocycles. The van der Waals surface area contributed by atoms with Gasteiger partial charge in [0.05, 0.1) is 0 Å². The van der Waals surface area contributed by atoms with Crippen molar-refractivity contribution in [3.63, 3.8) is 0 Å². The molecule has 2 aromatic rings. The van der Waals surface area contributed by atoms with E-state index in [4.69, 9.17) is 0 Å². The molecule has 0 saturated heterocycles. The topological polar surface area (TPSA) is 50.3 Å². The molecule has 0 bridgehead atoms. The molecular weight excluding hydrogens is 372 g/mol. The number of aliphatic hydroxyl groups is 2. The van der Waals surface area contributed by atoms with Crippen molar-refractivity contribution in [3.05, 3.63) is 45.0 Å². The molecule has 151 valence electrons. The molecule has 4 nitrogen and oxygen atoms in total. The first-order chi connectivity index (χ1) is 12.3. The van der Waals surface area contributed by atoms with Crippen LogP contribution in [-0.4, -0.2) is 28.0 Å². The molecule has 2 unspecified atom stereocenters. The van der Waals surface area contributed by atoms with Crippen molar-refractivity contribution in [1.29, 1.82) is 0 Å². The first-order valence-electron chi connectivity index (χ1n) is 9.87. The monoisotopic (exact) mass is 409 g/mol. The van der Waals surface area contributed by atoms with E-state index in [-0.39, 0.29) is 0 Å². The third-order valence-corrected chi connectivity index (χ3v) is 11.8. The molecule has 0 radical (unpaired) electrons. The van der Waals surface area contributed by atoms with Crippen molar-refractivity contribution in [2.75, 3.05) is 0 Å². The van der Waals surface area contributed by atoms with E-state index in [1.54, 1.807) is 6.92 Å². The summed E-state index contributed by atoms with van der Waals surface area (Å²) in [7, 11) is 0. The average molecular weight is 409 g/mol. The molecule has 0 spiro atoms. The molecule has 2 aromatic heterocycles. The average Bonchev–Trinajstić information content (AvgIpc) is 2.85. The van der Waals surface area contributed by atoms with Crippen LogP contribution in [0.2, 0.25) is 4.73 Å². The molecular formula is C22H37N2O2Ti. The molecule has 2 rings (SSSR count). The Labute approximate surface area is 171 Å². The standard InChI is InChI=1S/2C8H12N.C6H13O2.Ti/c2*1-5-6(2)8(4)9-7(5)3;1-5(7)4-6(2,3)8;/h2*1-4H3;5,7-8H,2,4H2,1,3H3;/q2*-1;;+2. The Morgan fingerprint density at radius 3 is 1.33 bits per heavy atom. The van der Waals surface area contributed by atoms with Crippen molar-refractivity contribution >= 4 is 0 Å². The summed E-state index contributed by atoms with van der Waals surface area (Å²) in [5.74, 6) is 0. The molecule has 0 saturated carbocycles. The van der Waals surface area contributed by atoms with Gasteiger partial charge in [0.1, 0.15) is 0 Å². The van der Waals surface area contributed by atoms with Crippen molar-refractivity contribution in [2.24, 2.45) is 0 Å². The van der Waals surface area contributed by atoms with Gasteiger partial charge in [0.25, 0.3) is 0 Å². The van der Waals surface area contributed by atoms with Crippen LogP contribution in [0.3, 0.4) is 0 Å². The van der Waals surface area contributed by atoms with E-state index in [1.165, 1.54) is 45.0 Å². The summed E-state index contributed by atoms with van der Waals surface area (Å²) in [6, 6.07) is 0. The summed E-state index contributed by atoms with van der Waals surface area (Å²) in [6.45, 7) is 21.3. The second-order valence-electron chi connectivity index (χ2n) is 8.66. The van der Waals surface area contributed by atoms with E-state index in [0.717, 1.165) is 0 Å². The van der Waals surface area contributed by atoms with Gasteiger partial charge in [0.2, 0.25) is 0 Å². The van der Waals surface area contributed by atoms with Gasteiger partial charge in [-0.1, -0.05) is 0 Å². The summed E-state index contributed by atoms with van der Waals surface area (Å²) < 4.78 is 5.79. The van der Waals surface area contributed by atoms with Gasteiger partial charge in [-0.3, -0.25) is 0 Å². The number of rotatable bonds is 6. The number of hydrogen-bond donors (Lipinski definition) is 2. The zero-order chi connectivity index (χ0) is 20.8. The van der Waals surface area contributed by atoms with Crippen LogP contribution in [-0.2, 0) is 18.4 Å². The summed E-state index contributed by atoms with van der Waals surface area (Å²) in [5.41, 5.74) is 9.77. The summed E-state index contributed by atoms with van der Waals surface area (Å²) in [5, 5.41) is 21.1. The first kappa shape index (κ1) is 22.5. The van der Waals surface area contributed by atoms with Crippen molar-refractivity contribution in [3.8, 4) is 0 Å². The predicted octanol–water partition coefficient (Wildman–Crippen LogP) is 4.54. The zero-order valence-corrected chi connectivity index (χ0v) is 20.3. The van der Waals surface area contributed by atoms with Crippen LogP contribution in [0.25, 0.3) is 0 Å².